The van der Waals surface area contributed by atoms with Crippen molar-refractivity contribution < 1.29 is 14.4 Å². The number of hydrazine groups is 1. The minimum absolute atomic E-state index is 0.0246. The van der Waals surface area contributed by atoms with Gasteiger partial charge < -0.3 is 5.32 Å². The summed E-state index contributed by atoms with van der Waals surface area (Å²) < 4.78 is 0. The van der Waals surface area contributed by atoms with E-state index in [1.807, 2.05) is 44.2 Å². The predicted octanol–water partition coefficient (Wildman–Crippen LogP) is 3.61. The first kappa shape index (κ1) is 21.2. The van der Waals surface area contributed by atoms with Gasteiger partial charge in [0.2, 0.25) is 11.8 Å². The van der Waals surface area contributed by atoms with Crippen molar-refractivity contribution in [2.24, 2.45) is 0 Å². The first-order chi connectivity index (χ1) is 13.3. The molecule has 0 heterocycles. The molecule has 3 amide bonds. The van der Waals surface area contributed by atoms with Gasteiger partial charge in [0, 0.05) is 24.1 Å². The molecule has 0 atom stereocenters. The first-order valence-corrected chi connectivity index (χ1v) is 9.32. The summed E-state index contributed by atoms with van der Waals surface area (Å²) in [6, 6.07) is 12.8. The van der Waals surface area contributed by atoms with Crippen molar-refractivity contribution in [1.29, 1.82) is 0 Å². The van der Waals surface area contributed by atoms with E-state index in [0.717, 1.165) is 16.7 Å². The van der Waals surface area contributed by atoms with Crippen LogP contribution in [0.3, 0.4) is 0 Å². The van der Waals surface area contributed by atoms with Crippen LogP contribution in [0.4, 0.5) is 5.69 Å². The lowest BCUT2D eigenvalue weighted by Crippen LogP contribution is -2.41. The van der Waals surface area contributed by atoms with Crippen LogP contribution in [-0.2, 0) is 9.59 Å². The standard InChI is InChI=1S/C22H27N3O3/c1-14(2)17-6-8-18(9-7-17)22(28)25-24-21(27)12-11-20(26)23-19-10-5-15(3)16(4)13-19/h5-10,13-14H,11-12H2,1-4H3,(H,23,26)(H,24,27)(H,25,28). The van der Waals surface area contributed by atoms with Gasteiger partial charge in [-0.25, -0.2) is 0 Å². The highest BCUT2D eigenvalue weighted by Gasteiger charge is 2.10. The first-order valence-electron chi connectivity index (χ1n) is 9.32. The van der Waals surface area contributed by atoms with Crippen molar-refractivity contribution in [3.63, 3.8) is 0 Å². The molecule has 0 radical (unpaired) electrons. The molecule has 148 valence electrons. The maximum atomic E-state index is 12.1. The fourth-order valence-corrected chi connectivity index (χ4v) is 2.55. The average molecular weight is 381 g/mol. The van der Waals surface area contributed by atoms with Crippen LogP contribution < -0.4 is 16.2 Å². The third-order valence-corrected chi connectivity index (χ3v) is 4.52. The minimum Gasteiger partial charge on any atom is -0.326 e. The van der Waals surface area contributed by atoms with Crippen molar-refractivity contribution in [1.82, 2.24) is 10.9 Å². The number of carbonyl (C=O) groups is 3. The van der Waals surface area contributed by atoms with Gasteiger partial charge in [-0.1, -0.05) is 32.0 Å². The van der Waals surface area contributed by atoms with Crippen LogP contribution in [0.2, 0.25) is 0 Å². The van der Waals surface area contributed by atoms with Gasteiger partial charge in [0.05, 0.1) is 0 Å². The molecule has 2 aromatic carbocycles. The normalized spacial score (nSPS) is 10.5. The number of hydrogen-bond donors (Lipinski definition) is 3. The summed E-state index contributed by atoms with van der Waals surface area (Å²) >= 11 is 0. The molecule has 0 saturated carbocycles. The Labute approximate surface area is 165 Å². The molecule has 0 aliphatic carbocycles. The number of aryl methyl sites for hydroxylation is 2. The molecule has 6 heteroatoms. The molecule has 28 heavy (non-hydrogen) atoms. The zero-order valence-electron chi connectivity index (χ0n) is 16.8. The molecular formula is C22H27N3O3. The van der Waals surface area contributed by atoms with Crippen molar-refractivity contribution in [3.8, 4) is 0 Å². The molecule has 0 unspecified atom stereocenters. The second-order valence-corrected chi connectivity index (χ2v) is 7.13. The van der Waals surface area contributed by atoms with Crippen molar-refractivity contribution in [2.75, 3.05) is 5.32 Å². The van der Waals surface area contributed by atoms with E-state index < -0.39 is 11.8 Å². The Hall–Kier alpha value is -3.15. The summed E-state index contributed by atoms with van der Waals surface area (Å²) in [6.45, 7) is 8.12. The van der Waals surface area contributed by atoms with Gasteiger partial charge in [0.25, 0.3) is 5.91 Å². The number of anilines is 1. The summed E-state index contributed by atoms with van der Waals surface area (Å²) in [5.74, 6) is -0.702. The smallest absolute Gasteiger partial charge is 0.269 e. The second-order valence-electron chi connectivity index (χ2n) is 7.13. The summed E-state index contributed by atoms with van der Waals surface area (Å²) in [5, 5.41) is 2.76. The third kappa shape index (κ3) is 6.23. The number of benzene rings is 2. The van der Waals surface area contributed by atoms with Crippen molar-refractivity contribution in [3.05, 3.63) is 64.7 Å². The Bertz CT molecular complexity index is 858. The zero-order chi connectivity index (χ0) is 20.7. The molecule has 0 aliphatic rings. The average Bonchev–Trinajstić information content (AvgIpc) is 2.67. The molecular weight excluding hydrogens is 354 g/mol. The van der Waals surface area contributed by atoms with E-state index in [4.69, 9.17) is 0 Å². The Morgan fingerprint density at radius 1 is 0.821 bits per heavy atom. The van der Waals surface area contributed by atoms with Crippen LogP contribution in [0, 0.1) is 13.8 Å². The Balaban J connectivity index is 1.75. The Kier molecular flexibility index (Phi) is 7.32. The van der Waals surface area contributed by atoms with E-state index in [-0.39, 0.29) is 18.7 Å². The van der Waals surface area contributed by atoms with Gasteiger partial charge >= 0.3 is 0 Å². The second kappa shape index (κ2) is 9.69. The maximum absolute atomic E-state index is 12.1. The van der Waals surface area contributed by atoms with Gasteiger partial charge in [0.15, 0.2) is 0 Å². The largest absolute Gasteiger partial charge is 0.326 e. The topological polar surface area (TPSA) is 87.3 Å². The van der Waals surface area contributed by atoms with Crippen LogP contribution in [0.5, 0.6) is 0 Å². The molecule has 2 rings (SSSR count). The van der Waals surface area contributed by atoms with Gasteiger partial charge in [0.1, 0.15) is 0 Å². The summed E-state index contributed by atoms with van der Waals surface area (Å²) in [5.41, 5.74) is 9.22. The fourth-order valence-electron chi connectivity index (χ4n) is 2.55. The lowest BCUT2D eigenvalue weighted by Gasteiger charge is -2.10. The van der Waals surface area contributed by atoms with E-state index >= 15 is 0 Å². The van der Waals surface area contributed by atoms with Crippen molar-refractivity contribution >= 4 is 23.4 Å². The van der Waals surface area contributed by atoms with Gasteiger partial charge in [-0.15, -0.1) is 0 Å². The van der Waals surface area contributed by atoms with E-state index in [0.29, 0.717) is 17.2 Å². The lowest BCUT2D eigenvalue weighted by atomic mass is 10.0. The van der Waals surface area contributed by atoms with E-state index in [1.54, 1.807) is 12.1 Å². The van der Waals surface area contributed by atoms with Gasteiger partial charge in [-0.05, 0) is 60.7 Å². The quantitative estimate of drug-likeness (QED) is 0.668. The fraction of sp³-hybridized carbons (Fsp3) is 0.318. The zero-order valence-corrected chi connectivity index (χ0v) is 16.8. The van der Waals surface area contributed by atoms with E-state index in [2.05, 4.69) is 30.0 Å². The number of rotatable bonds is 6. The Morgan fingerprint density at radius 2 is 1.46 bits per heavy atom. The maximum Gasteiger partial charge on any atom is 0.269 e. The molecule has 2 aromatic rings. The highest BCUT2D eigenvalue weighted by atomic mass is 16.2. The van der Waals surface area contributed by atoms with Crippen LogP contribution in [0.15, 0.2) is 42.5 Å². The highest BCUT2D eigenvalue weighted by Crippen LogP contribution is 2.15. The highest BCUT2D eigenvalue weighted by molar-refractivity contribution is 5.96. The van der Waals surface area contributed by atoms with Crippen LogP contribution in [-0.4, -0.2) is 17.7 Å². The van der Waals surface area contributed by atoms with Crippen LogP contribution in [0.1, 0.15) is 59.7 Å². The molecule has 6 nitrogen and oxygen atoms in total. The molecule has 0 fully saturated rings. The van der Waals surface area contributed by atoms with Crippen LogP contribution >= 0.6 is 0 Å². The number of nitrogens with one attached hydrogen (secondary N) is 3. The predicted molar refractivity (Wildman–Crippen MR) is 110 cm³/mol. The van der Waals surface area contributed by atoms with Crippen LogP contribution in [0.25, 0.3) is 0 Å². The Morgan fingerprint density at radius 3 is 2.07 bits per heavy atom. The number of amides is 3. The molecule has 0 saturated heterocycles. The van der Waals surface area contributed by atoms with Gasteiger partial charge in [-0.3, -0.25) is 25.2 Å². The lowest BCUT2D eigenvalue weighted by molar-refractivity contribution is -0.124. The summed E-state index contributed by atoms with van der Waals surface area (Å²) in [7, 11) is 0. The molecule has 3 N–H and O–H groups in total. The molecule has 0 aliphatic heterocycles. The summed E-state index contributed by atoms with van der Waals surface area (Å²) in [6.07, 6.45) is 0.000950. The van der Waals surface area contributed by atoms with E-state index in [9.17, 15) is 14.4 Å². The third-order valence-electron chi connectivity index (χ3n) is 4.52. The van der Waals surface area contributed by atoms with Gasteiger partial charge in [-0.2, -0.15) is 0 Å². The number of hydrogen-bond acceptors (Lipinski definition) is 3. The van der Waals surface area contributed by atoms with Crippen molar-refractivity contribution in [2.45, 2.75) is 46.5 Å². The monoisotopic (exact) mass is 381 g/mol. The molecule has 0 spiro atoms. The molecule has 0 aromatic heterocycles. The minimum atomic E-state index is -0.428. The summed E-state index contributed by atoms with van der Waals surface area (Å²) in [4.78, 5) is 35.9. The number of carbonyl (C=O) groups excluding carboxylic acids is 3. The van der Waals surface area contributed by atoms with E-state index in [1.165, 1.54) is 0 Å². The SMILES string of the molecule is Cc1ccc(NC(=O)CCC(=O)NNC(=O)c2ccc(C(C)C)cc2)cc1C. The molecule has 0 bridgehead atoms.